The zero-order valence-electron chi connectivity index (χ0n) is 9.98. The van der Waals surface area contributed by atoms with Gasteiger partial charge in [0.05, 0.1) is 0 Å². The fourth-order valence-corrected chi connectivity index (χ4v) is 1.90. The van der Waals surface area contributed by atoms with Crippen molar-refractivity contribution < 1.29 is 5.11 Å². The van der Waals surface area contributed by atoms with E-state index in [0.29, 0.717) is 12.3 Å². The minimum Gasteiger partial charge on any atom is -0.507 e. The number of phenolic OH excluding ortho intramolecular Hbond substituents is 1. The molecule has 0 radical (unpaired) electrons. The Morgan fingerprint density at radius 2 is 1.76 bits per heavy atom. The zero-order valence-corrected chi connectivity index (χ0v) is 9.98. The zero-order chi connectivity index (χ0) is 12.3. The first-order valence-electron chi connectivity index (χ1n) is 5.79. The molecule has 2 nitrogen and oxygen atoms in total. The van der Waals surface area contributed by atoms with Crippen LogP contribution in [0.25, 0.3) is 11.1 Å². The summed E-state index contributed by atoms with van der Waals surface area (Å²) in [5.41, 5.74) is 9.79. The second-order valence-corrected chi connectivity index (χ2v) is 4.26. The second-order valence-electron chi connectivity index (χ2n) is 4.26. The van der Waals surface area contributed by atoms with E-state index in [-0.39, 0.29) is 0 Å². The van der Waals surface area contributed by atoms with Crippen LogP contribution in [0.2, 0.25) is 0 Å². The second kappa shape index (κ2) is 5.02. The molecule has 0 saturated carbocycles. The molecule has 2 heteroatoms. The average molecular weight is 227 g/mol. The fraction of sp³-hybridized carbons (Fsp3) is 0.200. The van der Waals surface area contributed by atoms with Crippen LogP contribution in [0.3, 0.4) is 0 Å². The molecular formula is C15H17NO. The summed E-state index contributed by atoms with van der Waals surface area (Å²) < 4.78 is 0. The van der Waals surface area contributed by atoms with Gasteiger partial charge >= 0.3 is 0 Å². The molecule has 0 unspecified atom stereocenters. The van der Waals surface area contributed by atoms with Crippen molar-refractivity contribution in [2.75, 3.05) is 6.54 Å². The molecule has 2 rings (SSSR count). The fourth-order valence-electron chi connectivity index (χ4n) is 1.90. The van der Waals surface area contributed by atoms with Crippen molar-refractivity contribution in [3.8, 4) is 16.9 Å². The van der Waals surface area contributed by atoms with Gasteiger partial charge in [-0.15, -0.1) is 0 Å². The molecule has 0 atom stereocenters. The van der Waals surface area contributed by atoms with E-state index in [4.69, 9.17) is 5.73 Å². The van der Waals surface area contributed by atoms with Crippen LogP contribution in [0, 0.1) is 6.92 Å². The van der Waals surface area contributed by atoms with Crippen molar-refractivity contribution in [2.24, 2.45) is 5.73 Å². The van der Waals surface area contributed by atoms with Gasteiger partial charge < -0.3 is 10.8 Å². The van der Waals surface area contributed by atoms with Crippen LogP contribution in [0.15, 0.2) is 42.5 Å². The maximum absolute atomic E-state index is 9.84. The van der Waals surface area contributed by atoms with E-state index < -0.39 is 0 Å². The molecule has 0 spiro atoms. The number of hydrogen-bond acceptors (Lipinski definition) is 2. The normalized spacial score (nSPS) is 10.5. The highest BCUT2D eigenvalue weighted by molar-refractivity contribution is 5.70. The van der Waals surface area contributed by atoms with Crippen LogP contribution in [0.1, 0.15) is 11.1 Å². The Labute approximate surface area is 102 Å². The highest BCUT2D eigenvalue weighted by atomic mass is 16.3. The Balaban J connectivity index is 2.36. The Kier molecular flexibility index (Phi) is 3.45. The van der Waals surface area contributed by atoms with Crippen LogP contribution >= 0.6 is 0 Å². The Bertz CT molecular complexity index is 503. The van der Waals surface area contributed by atoms with E-state index >= 15 is 0 Å². The molecule has 2 aromatic rings. The monoisotopic (exact) mass is 227 g/mol. The lowest BCUT2D eigenvalue weighted by atomic mass is 10.0. The van der Waals surface area contributed by atoms with Crippen LogP contribution in [-0.2, 0) is 6.42 Å². The summed E-state index contributed by atoms with van der Waals surface area (Å²) in [6, 6.07) is 13.8. The lowest BCUT2D eigenvalue weighted by Crippen LogP contribution is -2.02. The molecule has 0 amide bonds. The number of aromatic hydroxyl groups is 1. The van der Waals surface area contributed by atoms with Crippen LogP contribution in [0.4, 0.5) is 0 Å². The van der Waals surface area contributed by atoms with Crippen molar-refractivity contribution in [3.63, 3.8) is 0 Å². The van der Waals surface area contributed by atoms with Crippen molar-refractivity contribution >= 4 is 0 Å². The van der Waals surface area contributed by atoms with Crippen molar-refractivity contribution in [2.45, 2.75) is 13.3 Å². The summed E-state index contributed by atoms with van der Waals surface area (Å²) >= 11 is 0. The maximum Gasteiger partial charge on any atom is 0.123 e. The summed E-state index contributed by atoms with van der Waals surface area (Å²) in [6.07, 6.45) is 0.889. The average Bonchev–Trinajstić information content (AvgIpc) is 2.34. The van der Waals surface area contributed by atoms with E-state index in [0.717, 1.165) is 23.1 Å². The molecule has 0 aliphatic heterocycles. The van der Waals surface area contributed by atoms with Gasteiger partial charge in [0.25, 0.3) is 0 Å². The minimum atomic E-state index is 0.321. The number of phenols is 1. The molecule has 88 valence electrons. The first-order chi connectivity index (χ1) is 8.20. The van der Waals surface area contributed by atoms with E-state index in [9.17, 15) is 5.11 Å². The number of aryl methyl sites for hydroxylation is 1. The molecule has 0 aromatic heterocycles. The SMILES string of the molecule is Cc1ccc(O)c(-c2ccc(CCN)cc2)c1. The van der Waals surface area contributed by atoms with Crippen LogP contribution < -0.4 is 5.73 Å². The number of nitrogens with two attached hydrogens (primary N) is 1. The number of hydrogen-bond donors (Lipinski definition) is 2. The first-order valence-corrected chi connectivity index (χ1v) is 5.79. The molecule has 0 bridgehead atoms. The smallest absolute Gasteiger partial charge is 0.123 e. The van der Waals surface area contributed by atoms with Gasteiger partial charge in [-0.2, -0.15) is 0 Å². The largest absolute Gasteiger partial charge is 0.507 e. The Morgan fingerprint density at radius 3 is 2.41 bits per heavy atom. The van der Waals surface area contributed by atoms with Gasteiger partial charge in [0.2, 0.25) is 0 Å². The number of benzene rings is 2. The van der Waals surface area contributed by atoms with E-state index in [2.05, 4.69) is 12.1 Å². The molecular weight excluding hydrogens is 210 g/mol. The Hall–Kier alpha value is -1.80. The summed E-state index contributed by atoms with van der Waals surface area (Å²) in [5.74, 6) is 0.321. The first kappa shape index (κ1) is 11.7. The maximum atomic E-state index is 9.84. The van der Waals surface area contributed by atoms with Gasteiger partial charge in [-0.3, -0.25) is 0 Å². The van der Waals surface area contributed by atoms with Gasteiger partial charge in [0, 0.05) is 5.56 Å². The van der Waals surface area contributed by atoms with Gasteiger partial charge in [-0.05, 0) is 43.1 Å². The molecule has 2 aromatic carbocycles. The molecule has 0 fully saturated rings. The van der Waals surface area contributed by atoms with Crippen molar-refractivity contribution in [1.29, 1.82) is 0 Å². The molecule has 0 saturated heterocycles. The summed E-state index contributed by atoms with van der Waals surface area (Å²) in [6.45, 7) is 2.68. The standard InChI is InChI=1S/C15H17NO/c1-11-2-7-15(17)14(10-11)13-5-3-12(4-6-13)8-9-16/h2-7,10,17H,8-9,16H2,1H3. The van der Waals surface area contributed by atoms with Gasteiger partial charge in [0.15, 0.2) is 0 Å². The third-order valence-corrected chi connectivity index (χ3v) is 2.85. The highest BCUT2D eigenvalue weighted by Gasteiger charge is 2.04. The van der Waals surface area contributed by atoms with E-state index in [1.807, 2.05) is 31.2 Å². The van der Waals surface area contributed by atoms with Crippen molar-refractivity contribution in [1.82, 2.24) is 0 Å². The van der Waals surface area contributed by atoms with Crippen LogP contribution in [-0.4, -0.2) is 11.7 Å². The highest BCUT2D eigenvalue weighted by Crippen LogP contribution is 2.29. The molecule has 3 N–H and O–H groups in total. The van der Waals surface area contributed by atoms with Gasteiger partial charge in [-0.25, -0.2) is 0 Å². The summed E-state index contributed by atoms with van der Waals surface area (Å²) in [4.78, 5) is 0. The van der Waals surface area contributed by atoms with E-state index in [1.54, 1.807) is 6.07 Å². The lowest BCUT2D eigenvalue weighted by Gasteiger charge is -2.07. The van der Waals surface area contributed by atoms with Crippen LogP contribution in [0.5, 0.6) is 5.75 Å². The molecule has 0 aliphatic carbocycles. The lowest BCUT2D eigenvalue weighted by molar-refractivity contribution is 0.477. The molecule has 17 heavy (non-hydrogen) atoms. The molecule has 0 heterocycles. The minimum absolute atomic E-state index is 0.321. The topological polar surface area (TPSA) is 46.2 Å². The quantitative estimate of drug-likeness (QED) is 0.847. The molecule has 0 aliphatic rings. The predicted octanol–water partition coefficient (Wildman–Crippen LogP) is 2.87. The van der Waals surface area contributed by atoms with Crippen molar-refractivity contribution in [3.05, 3.63) is 53.6 Å². The summed E-state index contributed by atoms with van der Waals surface area (Å²) in [5, 5.41) is 9.84. The number of rotatable bonds is 3. The van der Waals surface area contributed by atoms with Gasteiger partial charge in [-0.1, -0.05) is 35.9 Å². The third-order valence-electron chi connectivity index (χ3n) is 2.85. The van der Waals surface area contributed by atoms with E-state index in [1.165, 1.54) is 5.56 Å². The third kappa shape index (κ3) is 2.66. The summed E-state index contributed by atoms with van der Waals surface area (Å²) in [7, 11) is 0. The van der Waals surface area contributed by atoms with Gasteiger partial charge in [0.1, 0.15) is 5.75 Å². The predicted molar refractivity (Wildman–Crippen MR) is 71.0 cm³/mol. The Morgan fingerprint density at radius 1 is 1.06 bits per heavy atom.